The molecular formula is C13H22ClN3O. The third-order valence-electron chi connectivity index (χ3n) is 3.34. The van der Waals surface area contributed by atoms with Gasteiger partial charge in [-0.15, -0.1) is 16.7 Å². The van der Waals surface area contributed by atoms with Gasteiger partial charge >= 0.3 is 6.01 Å². The summed E-state index contributed by atoms with van der Waals surface area (Å²) in [5.41, 5.74) is 0. The number of rotatable bonds is 5. The van der Waals surface area contributed by atoms with Gasteiger partial charge in [-0.1, -0.05) is 31.8 Å². The van der Waals surface area contributed by atoms with E-state index in [9.17, 15) is 0 Å². The van der Waals surface area contributed by atoms with Crippen molar-refractivity contribution in [2.24, 2.45) is 5.92 Å². The number of hydrogen-bond donors (Lipinski definition) is 0. The van der Waals surface area contributed by atoms with Crippen LogP contribution in [0.5, 0.6) is 0 Å². The molecule has 0 aromatic carbocycles. The maximum absolute atomic E-state index is 5.97. The monoisotopic (exact) mass is 271 g/mol. The molecular weight excluding hydrogens is 250 g/mol. The molecule has 1 atom stereocenters. The number of nitrogens with zero attached hydrogens (tertiary/aromatic N) is 3. The van der Waals surface area contributed by atoms with Crippen LogP contribution in [0.4, 0.5) is 6.01 Å². The summed E-state index contributed by atoms with van der Waals surface area (Å²) < 4.78 is 5.69. The van der Waals surface area contributed by atoms with Crippen molar-refractivity contribution >= 4 is 17.6 Å². The molecule has 5 heteroatoms. The summed E-state index contributed by atoms with van der Waals surface area (Å²) in [7, 11) is 0. The summed E-state index contributed by atoms with van der Waals surface area (Å²) in [6, 6.07) is 1.18. The van der Waals surface area contributed by atoms with E-state index in [-0.39, 0.29) is 5.38 Å². The van der Waals surface area contributed by atoms with Gasteiger partial charge in [0.25, 0.3) is 0 Å². The fraction of sp³-hybridized carbons (Fsp3) is 0.846. The van der Waals surface area contributed by atoms with Crippen LogP contribution in [-0.4, -0.2) is 22.8 Å². The highest BCUT2D eigenvalue weighted by atomic mass is 35.5. The van der Waals surface area contributed by atoms with Crippen molar-refractivity contribution in [3.63, 3.8) is 0 Å². The predicted molar refractivity (Wildman–Crippen MR) is 73.0 cm³/mol. The van der Waals surface area contributed by atoms with Crippen LogP contribution < -0.4 is 4.90 Å². The summed E-state index contributed by atoms with van der Waals surface area (Å²) in [4.78, 5) is 2.27. The summed E-state index contributed by atoms with van der Waals surface area (Å²) >= 11 is 5.97. The molecule has 1 heterocycles. The number of halogens is 1. The Labute approximate surface area is 114 Å². The maximum atomic E-state index is 5.97. The normalized spacial score (nSPS) is 18.5. The van der Waals surface area contributed by atoms with E-state index in [0.717, 1.165) is 6.54 Å². The Morgan fingerprint density at radius 2 is 1.94 bits per heavy atom. The van der Waals surface area contributed by atoms with Crippen LogP contribution in [-0.2, 0) is 0 Å². The number of anilines is 1. The Morgan fingerprint density at radius 1 is 1.28 bits per heavy atom. The molecule has 1 aromatic rings. The predicted octanol–water partition coefficient (Wildman–Crippen LogP) is 3.77. The minimum absolute atomic E-state index is 0.226. The first-order valence-electron chi connectivity index (χ1n) is 6.82. The molecule has 1 aromatic heterocycles. The fourth-order valence-corrected chi connectivity index (χ4v) is 2.58. The average molecular weight is 272 g/mol. The van der Waals surface area contributed by atoms with E-state index in [1.165, 1.54) is 25.7 Å². The van der Waals surface area contributed by atoms with E-state index in [2.05, 4.69) is 28.9 Å². The molecule has 2 rings (SSSR count). The van der Waals surface area contributed by atoms with Crippen molar-refractivity contribution < 1.29 is 4.42 Å². The Hall–Kier alpha value is -0.770. The molecule has 1 aliphatic rings. The van der Waals surface area contributed by atoms with Crippen molar-refractivity contribution in [3.05, 3.63) is 5.89 Å². The molecule has 1 saturated carbocycles. The molecule has 0 saturated heterocycles. The van der Waals surface area contributed by atoms with E-state index in [1.54, 1.807) is 0 Å². The van der Waals surface area contributed by atoms with Crippen molar-refractivity contribution in [2.75, 3.05) is 11.4 Å². The van der Waals surface area contributed by atoms with Crippen LogP contribution in [0.2, 0.25) is 0 Å². The van der Waals surface area contributed by atoms with Gasteiger partial charge in [0.05, 0.1) is 0 Å². The molecule has 1 fully saturated rings. The molecule has 0 N–H and O–H groups in total. The van der Waals surface area contributed by atoms with Gasteiger partial charge < -0.3 is 9.32 Å². The van der Waals surface area contributed by atoms with Gasteiger partial charge in [0, 0.05) is 12.6 Å². The highest BCUT2D eigenvalue weighted by Crippen LogP contribution is 2.29. The minimum Gasteiger partial charge on any atom is -0.406 e. The molecule has 0 bridgehead atoms. The fourth-order valence-electron chi connectivity index (χ4n) is 2.50. The van der Waals surface area contributed by atoms with Crippen LogP contribution >= 0.6 is 11.6 Å². The van der Waals surface area contributed by atoms with E-state index in [0.29, 0.717) is 23.9 Å². The van der Waals surface area contributed by atoms with Gasteiger partial charge in [-0.2, -0.15) is 0 Å². The van der Waals surface area contributed by atoms with E-state index in [4.69, 9.17) is 16.0 Å². The second kappa shape index (κ2) is 5.91. The Bertz CT molecular complexity index is 372. The van der Waals surface area contributed by atoms with Gasteiger partial charge in [0.2, 0.25) is 5.89 Å². The first-order chi connectivity index (χ1) is 8.58. The topological polar surface area (TPSA) is 42.2 Å². The summed E-state index contributed by atoms with van der Waals surface area (Å²) in [6.07, 6.45) is 5.04. The van der Waals surface area contributed by atoms with E-state index in [1.807, 2.05) is 6.92 Å². The van der Waals surface area contributed by atoms with Crippen LogP contribution in [0.1, 0.15) is 57.7 Å². The Balaban J connectivity index is 2.15. The summed E-state index contributed by atoms with van der Waals surface area (Å²) in [5, 5.41) is 7.96. The highest BCUT2D eigenvalue weighted by Gasteiger charge is 2.27. The molecule has 0 radical (unpaired) electrons. The highest BCUT2D eigenvalue weighted by molar-refractivity contribution is 6.20. The minimum atomic E-state index is -0.226. The zero-order chi connectivity index (χ0) is 13.1. The van der Waals surface area contributed by atoms with Crippen LogP contribution in [0.3, 0.4) is 0 Å². The maximum Gasteiger partial charge on any atom is 0.318 e. The van der Waals surface area contributed by atoms with Crippen LogP contribution in [0.25, 0.3) is 0 Å². The van der Waals surface area contributed by atoms with Crippen LogP contribution in [0.15, 0.2) is 4.42 Å². The van der Waals surface area contributed by atoms with Crippen molar-refractivity contribution in [3.8, 4) is 0 Å². The van der Waals surface area contributed by atoms with Crippen molar-refractivity contribution in [1.82, 2.24) is 10.2 Å². The first kappa shape index (κ1) is 13.7. The smallest absolute Gasteiger partial charge is 0.318 e. The molecule has 1 aliphatic carbocycles. The first-order valence-corrected chi connectivity index (χ1v) is 7.25. The standard InChI is InChI=1S/C13H22ClN3O/c1-9(2)8-17(11-6-4-5-7-11)13-16-15-12(18-13)10(3)14/h9-11H,4-8H2,1-3H3. The van der Waals surface area contributed by atoms with Gasteiger partial charge in [0.1, 0.15) is 5.38 Å². The van der Waals surface area contributed by atoms with Gasteiger partial charge in [-0.25, -0.2) is 0 Å². The number of alkyl halides is 1. The molecule has 0 spiro atoms. The molecule has 1 unspecified atom stereocenters. The largest absolute Gasteiger partial charge is 0.406 e. The molecule has 102 valence electrons. The summed E-state index contributed by atoms with van der Waals surface area (Å²) in [6.45, 7) is 7.23. The average Bonchev–Trinajstić information content (AvgIpc) is 2.97. The second-order valence-corrected chi connectivity index (χ2v) is 6.18. The zero-order valence-corrected chi connectivity index (χ0v) is 12.2. The molecule has 18 heavy (non-hydrogen) atoms. The van der Waals surface area contributed by atoms with E-state index < -0.39 is 0 Å². The summed E-state index contributed by atoms with van der Waals surface area (Å²) in [5.74, 6) is 1.09. The molecule has 0 aliphatic heterocycles. The number of hydrogen-bond acceptors (Lipinski definition) is 4. The second-order valence-electron chi connectivity index (χ2n) is 5.52. The Morgan fingerprint density at radius 3 is 2.44 bits per heavy atom. The molecule has 4 nitrogen and oxygen atoms in total. The van der Waals surface area contributed by atoms with Gasteiger partial charge in [-0.3, -0.25) is 0 Å². The molecule has 0 amide bonds. The zero-order valence-electron chi connectivity index (χ0n) is 11.4. The van der Waals surface area contributed by atoms with E-state index >= 15 is 0 Å². The van der Waals surface area contributed by atoms with Gasteiger partial charge in [-0.05, 0) is 25.7 Å². The third-order valence-corrected chi connectivity index (χ3v) is 3.53. The number of aromatic nitrogens is 2. The quantitative estimate of drug-likeness (QED) is 0.765. The lowest BCUT2D eigenvalue weighted by atomic mass is 10.1. The lowest BCUT2D eigenvalue weighted by Crippen LogP contribution is -2.36. The lowest BCUT2D eigenvalue weighted by Gasteiger charge is -2.28. The van der Waals surface area contributed by atoms with Crippen molar-refractivity contribution in [1.29, 1.82) is 0 Å². The van der Waals surface area contributed by atoms with Crippen molar-refractivity contribution in [2.45, 2.75) is 57.9 Å². The SMILES string of the molecule is CC(C)CN(c1nnc(C(C)Cl)o1)C1CCCC1. The third kappa shape index (κ3) is 3.16. The van der Waals surface area contributed by atoms with Gasteiger partial charge in [0.15, 0.2) is 0 Å². The Kier molecular flexibility index (Phi) is 4.49. The van der Waals surface area contributed by atoms with Crippen LogP contribution in [0, 0.1) is 5.92 Å². The lowest BCUT2D eigenvalue weighted by molar-refractivity contribution is 0.441.